The van der Waals surface area contributed by atoms with Crippen LogP contribution >= 0.6 is 0 Å². The summed E-state index contributed by atoms with van der Waals surface area (Å²) in [6, 6.07) is 19.6. The Morgan fingerprint density at radius 1 is 1.03 bits per heavy atom. The van der Waals surface area contributed by atoms with Gasteiger partial charge in [-0.15, -0.1) is 0 Å². The lowest BCUT2D eigenvalue weighted by molar-refractivity contribution is -0.138. The minimum atomic E-state index is -1.21. The molecule has 3 atom stereocenters. The molecule has 37 heavy (non-hydrogen) atoms. The Morgan fingerprint density at radius 2 is 1.81 bits per heavy atom. The molecule has 1 aromatic heterocycles. The van der Waals surface area contributed by atoms with Crippen molar-refractivity contribution in [2.24, 2.45) is 0 Å². The van der Waals surface area contributed by atoms with Gasteiger partial charge in [0, 0.05) is 12.0 Å². The number of Topliss-reactive ketones (excluding diaryl/α,β-unsaturated/α-hetero) is 1. The van der Waals surface area contributed by atoms with Gasteiger partial charge in [-0.2, -0.15) is 4.98 Å². The molecule has 1 amide bonds. The Kier molecular flexibility index (Phi) is 6.54. The van der Waals surface area contributed by atoms with Gasteiger partial charge in [0.25, 0.3) is 17.6 Å². The zero-order valence-corrected chi connectivity index (χ0v) is 20.3. The molecule has 9 heteroatoms. The van der Waals surface area contributed by atoms with Crippen molar-refractivity contribution in [3.8, 4) is 0 Å². The highest BCUT2D eigenvalue weighted by Gasteiger charge is 2.52. The van der Waals surface area contributed by atoms with Gasteiger partial charge in [0.2, 0.25) is 0 Å². The van der Waals surface area contributed by atoms with Crippen LogP contribution in [0.25, 0.3) is 10.8 Å². The van der Waals surface area contributed by atoms with E-state index in [4.69, 9.17) is 14.4 Å². The van der Waals surface area contributed by atoms with Crippen molar-refractivity contribution in [3.63, 3.8) is 0 Å². The molecule has 1 aliphatic rings. The molecule has 3 aromatic carbocycles. The monoisotopic (exact) mass is 499 g/mol. The van der Waals surface area contributed by atoms with E-state index in [9.17, 15) is 14.4 Å². The summed E-state index contributed by atoms with van der Waals surface area (Å²) < 4.78 is 9.87. The van der Waals surface area contributed by atoms with Gasteiger partial charge in [-0.3, -0.25) is 9.59 Å². The molecule has 0 bridgehead atoms. The van der Waals surface area contributed by atoms with Crippen molar-refractivity contribution < 1.29 is 28.8 Å². The van der Waals surface area contributed by atoms with Crippen LogP contribution in [-0.2, 0) is 22.4 Å². The van der Waals surface area contributed by atoms with E-state index in [0.29, 0.717) is 18.4 Å². The number of nitrogens with one attached hydrogen (secondary N) is 1. The predicted molar refractivity (Wildman–Crippen MR) is 133 cm³/mol. The molecule has 188 valence electrons. The first-order valence-electron chi connectivity index (χ1n) is 11.9. The number of ketones is 1. The van der Waals surface area contributed by atoms with Crippen LogP contribution in [0.1, 0.15) is 56.5 Å². The number of fused-ring (bicyclic) bond motifs is 1. The number of carboxylic acids is 1. The first-order valence-corrected chi connectivity index (χ1v) is 11.9. The fraction of sp³-hybridized carbons (Fsp3) is 0.250. The number of rotatable bonds is 9. The number of aliphatic carboxylic acids is 1. The van der Waals surface area contributed by atoms with E-state index in [0.717, 1.165) is 27.5 Å². The Bertz CT molecular complexity index is 1510. The molecule has 0 spiro atoms. The number of carbonyl (C=O) groups is 3. The minimum Gasteiger partial charge on any atom is -0.479 e. The Balaban J connectivity index is 1.28. The number of epoxide rings is 1. The number of nitrogens with zero attached hydrogens (tertiary/aromatic N) is 2. The SMILES string of the molecule is Cc1ccc(CCc2noc(C(=O)C3OC3C(=O)O)n2)c(C(=O)NC(C)c2cccc3ccccc23)c1. The highest BCUT2D eigenvalue weighted by Crippen LogP contribution is 2.26. The zero-order chi connectivity index (χ0) is 26.1. The lowest BCUT2D eigenvalue weighted by Crippen LogP contribution is -2.28. The van der Waals surface area contributed by atoms with Crippen LogP contribution in [0.5, 0.6) is 0 Å². The molecule has 1 fully saturated rings. The van der Waals surface area contributed by atoms with Gasteiger partial charge in [-0.1, -0.05) is 65.3 Å². The summed E-state index contributed by atoms with van der Waals surface area (Å²) in [4.78, 5) is 40.6. The number of hydrogen-bond donors (Lipinski definition) is 2. The molecular formula is C28H25N3O6. The van der Waals surface area contributed by atoms with Crippen molar-refractivity contribution in [2.45, 2.75) is 44.9 Å². The maximum absolute atomic E-state index is 13.3. The van der Waals surface area contributed by atoms with E-state index in [1.54, 1.807) is 0 Å². The summed E-state index contributed by atoms with van der Waals surface area (Å²) in [6.45, 7) is 3.89. The highest BCUT2D eigenvalue weighted by atomic mass is 16.6. The average molecular weight is 500 g/mol. The van der Waals surface area contributed by atoms with Crippen LogP contribution in [0.15, 0.2) is 65.2 Å². The molecule has 1 aliphatic heterocycles. The Morgan fingerprint density at radius 3 is 2.59 bits per heavy atom. The number of amides is 1. The van der Waals surface area contributed by atoms with Crippen molar-refractivity contribution in [1.82, 2.24) is 15.5 Å². The van der Waals surface area contributed by atoms with E-state index >= 15 is 0 Å². The number of ether oxygens (including phenoxy) is 1. The largest absolute Gasteiger partial charge is 0.479 e. The van der Waals surface area contributed by atoms with Gasteiger partial charge in [0.1, 0.15) is 0 Å². The van der Waals surface area contributed by atoms with Crippen LogP contribution in [0, 0.1) is 6.92 Å². The number of hydrogen-bond acceptors (Lipinski definition) is 7. The van der Waals surface area contributed by atoms with E-state index in [1.165, 1.54) is 0 Å². The molecule has 3 unspecified atom stereocenters. The van der Waals surface area contributed by atoms with Gasteiger partial charge in [0.15, 0.2) is 18.0 Å². The summed E-state index contributed by atoms with van der Waals surface area (Å²) in [5.74, 6) is -2.04. The number of aryl methyl sites for hydroxylation is 3. The van der Waals surface area contributed by atoms with E-state index in [1.807, 2.05) is 74.5 Å². The van der Waals surface area contributed by atoms with Crippen molar-refractivity contribution in [3.05, 3.63) is 94.6 Å². The van der Waals surface area contributed by atoms with Gasteiger partial charge >= 0.3 is 5.97 Å². The lowest BCUT2D eigenvalue weighted by atomic mass is 9.97. The fourth-order valence-electron chi connectivity index (χ4n) is 4.42. The maximum atomic E-state index is 13.3. The highest BCUT2D eigenvalue weighted by molar-refractivity contribution is 6.01. The molecule has 2 N–H and O–H groups in total. The van der Waals surface area contributed by atoms with E-state index in [2.05, 4.69) is 15.5 Å². The van der Waals surface area contributed by atoms with E-state index < -0.39 is 24.0 Å². The van der Waals surface area contributed by atoms with Gasteiger partial charge in [0.05, 0.1) is 6.04 Å². The van der Waals surface area contributed by atoms with Gasteiger partial charge in [-0.05, 0) is 48.2 Å². The second-order valence-corrected chi connectivity index (χ2v) is 9.12. The standard InChI is InChI=1S/C28H25N3O6/c1-15-10-11-18(12-13-22-30-27(37-31-22)23(32)24-25(36-24)28(34)35)21(14-15)26(33)29-16(2)19-9-5-7-17-6-3-4-8-20(17)19/h3-11,14,16,24-25H,12-13H2,1-2H3,(H,29,33)(H,34,35). The molecular weight excluding hydrogens is 474 g/mol. The topological polar surface area (TPSA) is 135 Å². The number of aromatic nitrogens is 2. The van der Waals surface area contributed by atoms with Crippen molar-refractivity contribution in [2.75, 3.05) is 0 Å². The lowest BCUT2D eigenvalue weighted by Gasteiger charge is -2.18. The molecule has 0 saturated carbocycles. The van der Waals surface area contributed by atoms with Gasteiger partial charge < -0.3 is 19.7 Å². The molecule has 5 rings (SSSR count). The van der Waals surface area contributed by atoms with E-state index in [-0.39, 0.29) is 23.7 Å². The summed E-state index contributed by atoms with van der Waals surface area (Å²) in [7, 11) is 0. The van der Waals surface area contributed by atoms with Crippen molar-refractivity contribution in [1.29, 1.82) is 0 Å². The second kappa shape index (κ2) is 9.94. The molecule has 1 saturated heterocycles. The molecule has 9 nitrogen and oxygen atoms in total. The van der Waals surface area contributed by atoms with Crippen LogP contribution in [0.2, 0.25) is 0 Å². The third-order valence-electron chi connectivity index (χ3n) is 6.44. The number of carboxylic acid groups (broad SMARTS) is 1. The average Bonchev–Trinajstić information content (AvgIpc) is 3.57. The van der Waals surface area contributed by atoms with Crippen LogP contribution in [0.4, 0.5) is 0 Å². The zero-order valence-electron chi connectivity index (χ0n) is 20.3. The van der Waals surface area contributed by atoms with Gasteiger partial charge in [-0.25, -0.2) is 4.79 Å². The second-order valence-electron chi connectivity index (χ2n) is 9.12. The summed E-state index contributed by atoms with van der Waals surface area (Å²) >= 11 is 0. The smallest absolute Gasteiger partial charge is 0.336 e. The molecule has 0 aliphatic carbocycles. The first kappa shape index (κ1) is 24.3. The molecule has 4 aromatic rings. The Labute approximate surface area is 212 Å². The maximum Gasteiger partial charge on any atom is 0.336 e. The number of carbonyl (C=O) groups excluding carboxylic acids is 2. The fourth-order valence-corrected chi connectivity index (χ4v) is 4.42. The summed E-state index contributed by atoms with van der Waals surface area (Å²) in [6.07, 6.45) is -1.50. The van der Waals surface area contributed by atoms with Crippen LogP contribution in [-0.4, -0.2) is 45.1 Å². The quantitative estimate of drug-likeness (QED) is 0.262. The minimum absolute atomic E-state index is 0.186. The predicted octanol–water partition coefficient (Wildman–Crippen LogP) is 3.84. The Hall–Kier alpha value is -4.37. The normalized spacial score (nSPS) is 17.4. The van der Waals surface area contributed by atoms with Crippen molar-refractivity contribution >= 4 is 28.4 Å². The molecule has 2 heterocycles. The van der Waals surface area contributed by atoms with Crippen LogP contribution < -0.4 is 5.32 Å². The summed E-state index contributed by atoms with van der Waals surface area (Å²) in [5.41, 5.74) is 3.36. The summed E-state index contributed by atoms with van der Waals surface area (Å²) in [5, 5.41) is 18.1. The third-order valence-corrected chi connectivity index (χ3v) is 6.44. The molecule has 0 radical (unpaired) electrons. The number of benzene rings is 3. The third kappa shape index (κ3) is 5.12. The first-order chi connectivity index (χ1) is 17.8. The van der Waals surface area contributed by atoms with Crippen LogP contribution in [0.3, 0.4) is 0 Å².